The number of anilines is 1. The number of benzene rings is 2. The maximum absolute atomic E-state index is 12.0. The molecule has 1 N–H and O–H groups in total. The fourth-order valence-electron chi connectivity index (χ4n) is 2.86. The molecule has 0 radical (unpaired) electrons. The van der Waals surface area contributed by atoms with Crippen LogP contribution in [-0.4, -0.2) is 37.0 Å². The zero-order valence-corrected chi connectivity index (χ0v) is 14.5. The van der Waals surface area contributed by atoms with Crippen LogP contribution in [0.5, 0.6) is 17.2 Å². The summed E-state index contributed by atoms with van der Waals surface area (Å²) in [6.07, 6.45) is 2.37. The van der Waals surface area contributed by atoms with Crippen LogP contribution in [0.25, 0.3) is 0 Å². The lowest BCUT2D eigenvalue weighted by Gasteiger charge is -2.14. The van der Waals surface area contributed by atoms with Crippen LogP contribution in [0.15, 0.2) is 48.5 Å². The van der Waals surface area contributed by atoms with Crippen LogP contribution < -0.4 is 14.8 Å². The molecular formula is C20H24N2O3. The lowest BCUT2D eigenvalue weighted by Crippen LogP contribution is -2.30. The molecule has 0 saturated carbocycles. The van der Waals surface area contributed by atoms with Crippen molar-refractivity contribution in [2.45, 2.75) is 19.8 Å². The predicted octanol–water partition coefficient (Wildman–Crippen LogP) is 3.91. The fraction of sp³-hybridized carbons (Fsp3) is 0.350. The quantitative estimate of drug-likeness (QED) is 0.830. The SMILES string of the molecule is CCOc1ccc(Oc2ccc(NC(=O)CN3CCCC3)cc2)cc1. The summed E-state index contributed by atoms with van der Waals surface area (Å²) in [5.41, 5.74) is 0.781. The average molecular weight is 340 g/mol. The number of likely N-dealkylation sites (tertiary alicyclic amines) is 1. The highest BCUT2D eigenvalue weighted by atomic mass is 16.5. The van der Waals surface area contributed by atoms with E-state index in [9.17, 15) is 4.79 Å². The molecule has 25 heavy (non-hydrogen) atoms. The molecule has 3 rings (SSSR count). The second kappa shape index (κ2) is 8.53. The van der Waals surface area contributed by atoms with Crippen molar-refractivity contribution in [3.05, 3.63) is 48.5 Å². The van der Waals surface area contributed by atoms with Crippen molar-refractivity contribution in [2.75, 3.05) is 31.6 Å². The number of hydrogen-bond donors (Lipinski definition) is 1. The first-order chi connectivity index (χ1) is 12.2. The second-order valence-corrected chi connectivity index (χ2v) is 6.06. The molecule has 1 amide bonds. The monoisotopic (exact) mass is 340 g/mol. The third-order valence-electron chi connectivity index (χ3n) is 4.07. The maximum atomic E-state index is 12.0. The molecule has 132 valence electrons. The van der Waals surface area contributed by atoms with Crippen LogP contribution >= 0.6 is 0 Å². The number of nitrogens with one attached hydrogen (secondary N) is 1. The standard InChI is InChI=1S/C20H24N2O3/c1-2-24-17-9-11-19(12-10-17)25-18-7-5-16(6-8-18)21-20(23)15-22-13-3-4-14-22/h5-12H,2-4,13-15H2,1H3,(H,21,23). The molecule has 0 spiro atoms. The van der Waals surface area contributed by atoms with E-state index < -0.39 is 0 Å². The predicted molar refractivity (Wildman–Crippen MR) is 98.4 cm³/mol. The lowest BCUT2D eigenvalue weighted by molar-refractivity contribution is -0.117. The van der Waals surface area contributed by atoms with Gasteiger partial charge in [-0.25, -0.2) is 0 Å². The molecule has 0 aliphatic carbocycles. The van der Waals surface area contributed by atoms with Crippen LogP contribution in [0.3, 0.4) is 0 Å². The molecule has 0 bridgehead atoms. The van der Waals surface area contributed by atoms with E-state index in [-0.39, 0.29) is 5.91 Å². The van der Waals surface area contributed by atoms with E-state index in [4.69, 9.17) is 9.47 Å². The van der Waals surface area contributed by atoms with Gasteiger partial charge < -0.3 is 14.8 Å². The van der Waals surface area contributed by atoms with Gasteiger partial charge in [-0.2, -0.15) is 0 Å². The van der Waals surface area contributed by atoms with Gasteiger partial charge in [-0.05, 0) is 81.4 Å². The van der Waals surface area contributed by atoms with Gasteiger partial charge in [0.25, 0.3) is 0 Å². The summed E-state index contributed by atoms with van der Waals surface area (Å²) in [5.74, 6) is 2.32. The van der Waals surface area contributed by atoms with E-state index in [0.717, 1.165) is 36.0 Å². The molecule has 1 fully saturated rings. The second-order valence-electron chi connectivity index (χ2n) is 6.06. The third-order valence-corrected chi connectivity index (χ3v) is 4.07. The summed E-state index contributed by atoms with van der Waals surface area (Å²) in [7, 11) is 0. The molecule has 1 saturated heterocycles. The topological polar surface area (TPSA) is 50.8 Å². The molecule has 0 unspecified atom stereocenters. The molecule has 1 aliphatic heterocycles. The number of rotatable bonds is 7. The van der Waals surface area contributed by atoms with Crippen LogP contribution in [0.1, 0.15) is 19.8 Å². The Hall–Kier alpha value is -2.53. The minimum absolute atomic E-state index is 0.0297. The highest BCUT2D eigenvalue weighted by molar-refractivity contribution is 5.92. The van der Waals surface area contributed by atoms with Gasteiger partial charge in [0.15, 0.2) is 0 Å². The van der Waals surface area contributed by atoms with Gasteiger partial charge in [0.1, 0.15) is 17.2 Å². The molecule has 2 aromatic carbocycles. The molecule has 0 aromatic heterocycles. The Morgan fingerprint density at radius 1 is 0.960 bits per heavy atom. The maximum Gasteiger partial charge on any atom is 0.238 e. The fourth-order valence-corrected chi connectivity index (χ4v) is 2.86. The third kappa shape index (κ3) is 5.22. The van der Waals surface area contributed by atoms with E-state index in [1.807, 2.05) is 55.5 Å². The Kier molecular flexibility index (Phi) is 5.90. The zero-order chi connectivity index (χ0) is 17.5. The van der Waals surface area contributed by atoms with Crippen molar-refractivity contribution < 1.29 is 14.3 Å². The Morgan fingerprint density at radius 3 is 2.12 bits per heavy atom. The molecule has 1 aliphatic rings. The number of ether oxygens (including phenoxy) is 2. The first-order valence-electron chi connectivity index (χ1n) is 8.76. The average Bonchev–Trinajstić information content (AvgIpc) is 3.11. The smallest absolute Gasteiger partial charge is 0.238 e. The van der Waals surface area contributed by atoms with Crippen molar-refractivity contribution in [3.63, 3.8) is 0 Å². The minimum Gasteiger partial charge on any atom is -0.494 e. The van der Waals surface area contributed by atoms with Crippen LogP contribution in [0, 0.1) is 0 Å². The Balaban J connectivity index is 1.51. The van der Waals surface area contributed by atoms with E-state index in [1.54, 1.807) is 0 Å². The Bertz CT molecular complexity index is 677. The van der Waals surface area contributed by atoms with Gasteiger partial charge in [0.2, 0.25) is 5.91 Å². The van der Waals surface area contributed by atoms with Crippen molar-refractivity contribution in [1.82, 2.24) is 4.90 Å². The summed E-state index contributed by atoms with van der Waals surface area (Å²) < 4.78 is 11.2. The van der Waals surface area contributed by atoms with E-state index in [2.05, 4.69) is 10.2 Å². The molecule has 5 heteroatoms. The molecular weight excluding hydrogens is 316 g/mol. The van der Waals surface area contributed by atoms with Gasteiger partial charge in [0, 0.05) is 5.69 Å². The summed E-state index contributed by atoms with van der Waals surface area (Å²) in [5, 5.41) is 2.93. The van der Waals surface area contributed by atoms with Crippen molar-refractivity contribution in [3.8, 4) is 17.2 Å². The summed E-state index contributed by atoms with van der Waals surface area (Å²) in [6, 6.07) is 14.9. The van der Waals surface area contributed by atoms with Gasteiger partial charge in [0.05, 0.1) is 13.2 Å². The number of hydrogen-bond acceptors (Lipinski definition) is 4. The number of carbonyl (C=O) groups excluding carboxylic acids is 1. The minimum atomic E-state index is 0.0297. The molecule has 5 nitrogen and oxygen atoms in total. The van der Waals surface area contributed by atoms with E-state index in [1.165, 1.54) is 12.8 Å². The Morgan fingerprint density at radius 2 is 1.52 bits per heavy atom. The zero-order valence-electron chi connectivity index (χ0n) is 14.5. The first kappa shape index (κ1) is 17.3. The molecule has 1 heterocycles. The van der Waals surface area contributed by atoms with E-state index in [0.29, 0.717) is 13.2 Å². The lowest BCUT2D eigenvalue weighted by atomic mass is 10.3. The van der Waals surface area contributed by atoms with Crippen molar-refractivity contribution >= 4 is 11.6 Å². The molecule has 2 aromatic rings. The van der Waals surface area contributed by atoms with Crippen LogP contribution in [0.2, 0.25) is 0 Å². The first-order valence-corrected chi connectivity index (χ1v) is 8.76. The van der Waals surface area contributed by atoms with Gasteiger partial charge in [-0.3, -0.25) is 9.69 Å². The van der Waals surface area contributed by atoms with Crippen LogP contribution in [0.4, 0.5) is 5.69 Å². The summed E-state index contributed by atoms with van der Waals surface area (Å²) in [4.78, 5) is 14.2. The highest BCUT2D eigenvalue weighted by Gasteiger charge is 2.15. The van der Waals surface area contributed by atoms with Gasteiger partial charge in [-0.15, -0.1) is 0 Å². The van der Waals surface area contributed by atoms with Crippen molar-refractivity contribution in [1.29, 1.82) is 0 Å². The van der Waals surface area contributed by atoms with Crippen molar-refractivity contribution in [2.24, 2.45) is 0 Å². The molecule has 0 atom stereocenters. The highest BCUT2D eigenvalue weighted by Crippen LogP contribution is 2.25. The largest absolute Gasteiger partial charge is 0.494 e. The van der Waals surface area contributed by atoms with Crippen LogP contribution in [-0.2, 0) is 4.79 Å². The number of amides is 1. The van der Waals surface area contributed by atoms with Gasteiger partial charge in [-0.1, -0.05) is 0 Å². The Labute approximate surface area is 148 Å². The normalized spacial score (nSPS) is 14.3. The number of nitrogens with zero attached hydrogens (tertiary/aromatic N) is 1. The van der Waals surface area contributed by atoms with Gasteiger partial charge >= 0.3 is 0 Å². The van der Waals surface area contributed by atoms with E-state index >= 15 is 0 Å². The summed E-state index contributed by atoms with van der Waals surface area (Å²) in [6.45, 7) is 5.09. The number of carbonyl (C=O) groups is 1. The summed E-state index contributed by atoms with van der Waals surface area (Å²) >= 11 is 0.